The molecule has 0 spiro atoms. The lowest BCUT2D eigenvalue weighted by atomic mass is 10.1. The Morgan fingerprint density at radius 3 is 2.77 bits per heavy atom. The van der Waals surface area contributed by atoms with E-state index in [-0.39, 0.29) is 11.1 Å². The summed E-state index contributed by atoms with van der Waals surface area (Å²) in [5.74, 6) is -0.0835. The van der Waals surface area contributed by atoms with Crippen LogP contribution in [0, 0.1) is 0 Å². The van der Waals surface area contributed by atoms with Crippen LogP contribution in [-0.4, -0.2) is 17.0 Å². The van der Waals surface area contributed by atoms with E-state index in [2.05, 4.69) is 10.3 Å². The summed E-state index contributed by atoms with van der Waals surface area (Å²) in [4.78, 5) is 27.4. The number of nitrogens with one attached hydrogen (secondary N) is 1. The highest BCUT2D eigenvalue weighted by Gasteiger charge is 2.23. The van der Waals surface area contributed by atoms with Crippen molar-refractivity contribution in [3.05, 3.63) is 69.6 Å². The predicted molar refractivity (Wildman–Crippen MR) is 104 cm³/mol. The third-order valence-electron chi connectivity index (χ3n) is 3.40. The Labute approximate surface area is 160 Å². The summed E-state index contributed by atoms with van der Waals surface area (Å²) in [6.07, 6.45) is 1.66. The summed E-state index contributed by atoms with van der Waals surface area (Å²) in [5, 5.41) is 3.31. The molecule has 0 saturated carbocycles. The van der Waals surface area contributed by atoms with E-state index >= 15 is 0 Å². The number of carbonyl (C=O) groups is 2. The normalized spacial score (nSPS) is 15.1. The zero-order chi connectivity index (χ0) is 18.5. The van der Waals surface area contributed by atoms with Crippen LogP contribution in [0.1, 0.15) is 18.1 Å². The van der Waals surface area contributed by atoms with Crippen molar-refractivity contribution in [3.63, 3.8) is 0 Å². The standard InChI is InChI=1S/C19H15ClN2O3S/c1-12(23)21-19-22-18(24)17(26-19)10-14-9-15(20)7-8-16(14)25-11-13-5-3-2-4-6-13/h2-10H,11H2,1H3,(H,21,22,23,24)/b17-10-. The van der Waals surface area contributed by atoms with Gasteiger partial charge in [-0.05, 0) is 41.6 Å². The topological polar surface area (TPSA) is 67.8 Å². The number of carbonyl (C=O) groups excluding carboxylic acids is 2. The quantitative estimate of drug-likeness (QED) is 0.805. The Balaban J connectivity index is 1.80. The van der Waals surface area contributed by atoms with Gasteiger partial charge in [0.1, 0.15) is 12.4 Å². The van der Waals surface area contributed by atoms with Crippen LogP contribution in [0.15, 0.2) is 58.4 Å². The molecule has 3 rings (SSSR count). The summed E-state index contributed by atoms with van der Waals surface area (Å²) in [6, 6.07) is 15.0. The van der Waals surface area contributed by atoms with Crippen molar-refractivity contribution in [1.82, 2.24) is 5.32 Å². The van der Waals surface area contributed by atoms with Gasteiger partial charge in [0.25, 0.3) is 5.91 Å². The number of amides is 2. The number of rotatable bonds is 4. The summed E-state index contributed by atoms with van der Waals surface area (Å²) in [6.45, 7) is 1.76. The molecule has 2 aromatic rings. The van der Waals surface area contributed by atoms with Crippen LogP contribution in [0.3, 0.4) is 0 Å². The number of aliphatic imine (C=N–C) groups is 1. The highest BCUT2D eigenvalue weighted by Crippen LogP contribution is 2.32. The first-order chi connectivity index (χ1) is 12.5. The Hall–Kier alpha value is -2.57. The van der Waals surface area contributed by atoms with Crippen LogP contribution in [0.2, 0.25) is 5.02 Å². The van der Waals surface area contributed by atoms with Crippen LogP contribution in [0.25, 0.3) is 6.08 Å². The molecule has 0 saturated heterocycles. The second-order valence-corrected chi connectivity index (χ2v) is 6.94. The van der Waals surface area contributed by atoms with Crippen molar-refractivity contribution in [3.8, 4) is 5.75 Å². The number of halogens is 1. The van der Waals surface area contributed by atoms with Crippen molar-refractivity contribution in [2.75, 3.05) is 0 Å². The van der Waals surface area contributed by atoms with Gasteiger partial charge in [0.15, 0.2) is 5.17 Å². The van der Waals surface area contributed by atoms with E-state index in [1.54, 1.807) is 24.3 Å². The monoisotopic (exact) mass is 386 g/mol. The molecule has 1 N–H and O–H groups in total. The Morgan fingerprint density at radius 1 is 1.27 bits per heavy atom. The van der Waals surface area contributed by atoms with Gasteiger partial charge < -0.3 is 10.1 Å². The maximum atomic E-state index is 12.0. The zero-order valence-electron chi connectivity index (χ0n) is 13.9. The molecule has 5 nitrogen and oxygen atoms in total. The minimum absolute atomic E-state index is 0.266. The largest absolute Gasteiger partial charge is 0.488 e. The molecular weight excluding hydrogens is 372 g/mol. The molecule has 0 radical (unpaired) electrons. The molecule has 1 aliphatic rings. The van der Waals surface area contributed by atoms with Crippen LogP contribution in [0.4, 0.5) is 0 Å². The molecule has 1 heterocycles. The Morgan fingerprint density at radius 2 is 2.04 bits per heavy atom. The molecule has 7 heteroatoms. The fraction of sp³-hybridized carbons (Fsp3) is 0.105. The van der Waals surface area contributed by atoms with E-state index in [0.29, 0.717) is 27.8 Å². The third-order valence-corrected chi connectivity index (χ3v) is 4.53. The van der Waals surface area contributed by atoms with E-state index in [4.69, 9.17) is 16.3 Å². The number of thioether (sulfide) groups is 1. The van der Waals surface area contributed by atoms with Gasteiger partial charge in [0, 0.05) is 17.5 Å². The summed E-state index contributed by atoms with van der Waals surface area (Å²) in [7, 11) is 0. The highest BCUT2D eigenvalue weighted by molar-refractivity contribution is 8.18. The number of amidine groups is 1. The number of hydrogen-bond acceptors (Lipinski definition) is 4. The minimum Gasteiger partial charge on any atom is -0.488 e. The third kappa shape index (κ3) is 4.74. The van der Waals surface area contributed by atoms with Gasteiger partial charge in [-0.15, -0.1) is 0 Å². The molecule has 0 aliphatic carbocycles. The first-order valence-corrected chi connectivity index (χ1v) is 8.97. The average Bonchev–Trinajstić information content (AvgIpc) is 2.93. The second-order valence-electron chi connectivity index (χ2n) is 5.47. The second kappa shape index (κ2) is 8.21. The lowest BCUT2D eigenvalue weighted by Gasteiger charge is -2.10. The highest BCUT2D eigenvalue weighted by atomic mass is 35.5. The molecule has 0 aromatic heterocycles. The number of ether oxygens (including phenoxy) is 1. The van der Waals surface area contributed by atoms with Crippen molar-refractivity contribution in [2.24, 2.45) is 4.99 Å². The SMILES string of the molecule is CC(=O)NC1=NC(=O)/C(=C/c2cc(Cl)ccc2OCc2ccccc2)S1. The van der Waals surface area contributed by atoms with Crippen molar-refractivity contribution < 1.29 is 14.3 Å². The van der Waals surface area contributed by atoms with E-state index in [1.165, 1.54) is 6.92 Å². The van der Waals surface area contributed by atoms with Crippen molar-refractivity contribution in [1.29, 1.82) is 0 Å². The first-order valence-electron chi connectivity index (χ1n) is 7.78. The predicted octanol–water partition coefficient (Wildman–Crippen LogP) is 4.03. The van der Waals surface area contributed by atoms with Gasteiger partial charge in [-0.2, -0.15) is 4.99 Å². The number of hydrogen-bond donors (Lipinski definition) is 1. The zero-order valence-corrected chi connectivity index (χ0v) is 15.4. The van der Waals surface area contributed by atoms with Crippen LogP contribution in [0.5, 0.6) is 5.75 Å². The number of benzene rings is 2. The molecule has 26 heavy (non-hydrogen) atoms. The van der Waals surface area contributed by atoms with E-state index in [9.17, 15) is 9.59 Å². The Bertz CT molecular complexity index is 910. The summed E-state index contributed by atoms with van der Waals surface area (Å²) >= 11 is 7.19. The van der Waals surface area contributed by atoms with Crippen LogP contribution >= 0.6 is 23.4 Å². The molecule has 132 valence electrons. The van der Waals surface area contributed by atoms with Crippen LogP contribution < -0.4 is 10.1 Å². The van der Waals surface area contributed by atoms with E-state index in [1.807, 2.05) is 30.3 Å². The van der Waals surface area contributed by atoms with E-state index in [0.717, 1.165) is 17.3 Å². The molecule has 1 aliphatic heterocycles. The smallest absolute Gasteiger partial charge is 0.286 e. The number of nitrogens with zero attached hydrogens (tertiary/aromatic N) is 1. The fourth-order valence-electron chi connectivity index (χ4n) is 2.25. The molecule has 0 bridgehead atoms. The summed E-state index contributed by atoms with van der Waals surface area (Å²) in [5.41, 5.74) is 1.70. The maximum absolute atomic E-state index is 12.0. The van der Waals surface area contributed by atoms with Gasteiger partial charge in [-0.1, -0.05) is 41.9 Å². The van der Waals surface area contributed by atoms with Gasteiger partial charge >= 0.3 is 0 Å². The lowest BCUT2D eigenvalue weighted by Crippen LogP contribution is -2.23. The molecule has 0 atom stereocenters. The van der Waals surface area contributed by atoms with Crippen molar-refractivity contribution in [2.45, 2.75) is 13.5 Å². The van der Waals surface area contributed by atoms with Crippen molar-refractivity contribution >= 4 is 46.4 Å². The minimum atomic E-state index is -0.410. The average molecular weight is 387 g/mol. The fourth-order valence-corrected chi connectivity index (χ4v) is 3.28. The molecule has 2 aromatic carbocycles. The first kappa shape index (κ1) is 18.2. The lowest BCUT2D eigenvalue weighted by molar-refractivity contribution is -0.117. The van der Waals surface area contributed by atoms with Gasteiger partial charge in [-0.3, -0.25) is 9.59 Å². The van der Waals surface area contributed by atoms with Crippen LogP contribution in [-0.2, 0) is 16.2 Å². The maximum Gasteiger partial charge on any atom is 0.286 e. The molecular formula is C19H15ClN2O3S. The molecule has 0 unspecified atom stereocenters. The van der Waals surface area contributed by atoms with Gasteiger partial charge in [0.05, 0.1) is 4.91 Å². The van der Waals surface area contributed by atoms with Gasteiger partial charge in [0.2, 0.25) is 5.91 Å². The summed E-state index contributed by atoms with van der Waals surface area (Å²) < 4.78 is 5.88. The van der Waals surface area contributed by atoms with Gasteiger partial charge in [-0.25, -0.2) is 0 Å². The molecule has 2 amide bonds. The molecule has 0 fully saturated rings. The Kier molecular flexibility index (Phi) is 5.75. The van der Waals surface area contributed by atoms with E-state index < -0.39 is 5.91 Å².